The van der Waals surface area contributed by atoms with Gasteiger partial charge >= 0.3 is 0 Å². The lowest BCUT2D eigenvalue weighted by atomic mass is 10.2. The Bertz CT molecular complexity index is 665. The molecule has 0 spiro atoms. The van der Waals surface area contributed by atoms with Gasteiger partial charge in [0.05, 0.1) is 10.6 Å². The fourth-order valence-corrected chi connectivity index (χ4v) is 1.59. The number of hydrogen-bond donors (Lipinski definition) is 2. The number of nitro groups is 1. The van der Waals surface area contributed by atoms with Gasteiger partial charge in [-0.3, -0.25) is 20.0 Å². The molecule has 20 heavy (non-hydrogen) atoms. The number of nitrogens with zero attached hydrogens (tertiary/aromatic N) is 3. The van der Waals surface area contributed by atoms with Gasteiger partial charge in [0, 0.05) is 18.6 Å². The molecule has 2 N–H and O–H groups in total. The highest BCUT2D eigenvalue weighted by atomic mass is 16.6. The van der Waals surface area contributed by atoms with Gasteiger partial charge < -0.3 is 5.32 Å². The highest BCUT2D eigenvalue weighted by Gasteiger charge is 2.15. The molecule has 0 aliphatic rings. The third-order valence-corrected chi connectivity index (χ3v) is 2.75. The number of rotatable bonds is 4. The Labute approximate surface area is 114 Å². The van der Waals surface area contributed by atoms with Crippen LogP contribution < -0.4 is 5.32 Å². The molecule has 2 aromatic rings. The van der Waals surface area contributed by atoms with Crippen LogP contribution in [0.25, 0.3) is 0 Å². The van der Waals surface area contributed by atoms with Crippen LogP contribution in [0.2, 0.25) is 0 Å². The number of aromatic nitrogens is 3. The Morgan fingerprint density at radius 2 is 2.25 bits per heavy atom. The molecule has 0 radical (unpaired) electrons. The van der Waals surface area contributed by atoms with Crippen LogP contribution >= 0.6 is 0 Å². The number of carbonyl (C=O) groups excluding carboxylic acids is 1. The van der Waals surface area contributed by atoms with Gasteiger partial charge in [-0.05, 0) is 12.5 Å². The van der Waals surface area contributed by atoms with E-state index in [0.717, 1.165) is 5.56 Å². The molecule has 0 atom stereocenters. The van der Waals surface area contributed by atoms with E-state index in [1.807, 2.05) is 6.92 Å². The van der Waals surface area contributed by atoms with Crippen LogP contribution in [0.15, 0.2) is 18.2 Å². The molecule has 0 saturated heterocycles. The Kier molecular flexibility index (Phi) is 3.74. The minimum atomic E-state index is -0.517. The van der Waals surface area contributed by atoms with E-state index in [4.69, 9.17) is 0 Å². The summed E-state index contributed by atoms with van der Waals surface area (Å²) in [6.45, 7) is 3.63. The average Bonchev–Trinajstić information content (AvgIpc) is 2.89. The summed E-state index contributed by atoms with van der Waals surface area (Å²) in [4.78, 5) is 26.2. The van der Waals surface area contributed by atoms with Crippen LogP contribution in [-0.4, -0.2) is 26.0 Å². The van der Waals surface area contributed by atoms with Crippen molar-refractivity contribution in [1.29, 1.82) is 0 Å². The first-order chi connectivity index (χ1) is 9.51. The van der Waals surface area contributed by atoms with Gasteiger partial charge in [-0.15, -0.1) is 5.10 Å². The van der Waals surface area contributed by atoms with Crippen LogP contribution in [-0.2, 0) is 6.42 Å². The maximum Gasteiger partial charge on any atom is 0.295 e. The molecule has 1 aromatic carbocycles. The Morgan fingerprint density at radius 3 is 2.85 bits per heavy atom. The topological polar surface area (TPSA) is 114 Å². The predicted octanol–water partition coefficient (Wildman–Crippen LogP) is 1.84. The molecule has 1 aromatic heterocycles. The summed E-state index contributed by atoms with van der Waals surface area (Å²) in [5.41, 5.74) is 0.998. The zero-order valence-corrected chi connectivity index (χ0v) is 11.0. The zero-order valence-electron chi connectivity index (χ0n) is 11.0. The molecule has 8 heteroatoms. The molecule has 1 amide bonds. The SMILES string of the molecule is CCc1nc(C(=O)Nc2cc([N+](=O)[O-])ccc2C)n[nH]1. The summed E-state index contributed by atoms with van der Waals surface area (Å²) in [5, 5.41) is 19.7. The summed E-state index contributed by atoms with van der Waals surface area (Å²) in [6, 6.07) is 4.26. The second-order valence-electron chi connectivity index (χ2n) is 4.17. The number of H-pyrrole nitrogens is 1. The predicted molar refractivity (Wildman–Crippen MR) is 71.5 cm³/mol. The molecule has 8 nitrogen and oxygen atoms in total. The first kappa shape index (κ1) is 13.7. The smallest absolute Gasteiger partial charge is 0.295 e. The molecule has 0 fully saturated rings. The van der Waals surface area contributed by atoms with E-state index in [2.05, 4.69) is 20.5 Å². The third kappa shape index (κ3) is 2.79. The van der Waals surface area contributed by atoms with Crippen LogP contribution in [0.3, 0.4) is 0 Å². The molecule has 0 saturated carbocycles. The third-order valence-electron chi connectivity index (χ3n) is 2.75. The Balaban J connectivity index is 2.22. The van der Waals surface area contributed by atoms with Crippen LogP contribution in [0.1, 0.15) is 28.9 Å². The maximum absolute atomic E-state index is 12.0. The number of amides is 1. The van der Waals surface area contributed by atoms with Crippen molar-refractivity contribution in [1.82, 2.24) is 15.2 Å². The lowest BCUT2D eigenvalue weighted by molar-refractivity contribution is -0.384. The van der Waals surface area contributed by atoms with Crippen molar-refractivity contribution in [2.45, 2.75) is 20.3 Å². The first-order valence-electron chi connectivity index (χ1n) is 5.99. The minimum absolute atomic E-state index is 0.00718. The van der Waals surface area contributed by atoms with Crippen LogP contribution in [0, 0.1) is 17.0 Å². The van der Waals surface area contributed by atoms with Gasteiger partial charge in [0.2, 0.25) is 5.82 Å². The summed E-state index contributed by atoms with van der Waals surface area (Å²) in [6.07, 6.45) is 0.635. The molecule has 2 rings (SSSR count). The minimum Gasteiger partial charge on any atom is -0.319 e. The van der Waals surface area contributed by atoms with Crippen molar-refractivity contribution < 1.29 is 9.72 Å². The molecule has 0 unspecified atom stereocenters. The van der Waals surface area contributed by atoms with E-state index in [1.165, 1.54) is 12.1 Å². The van der Waals surface area contributed by atoms with Crippen molar-refractivity contribution >= 4 is 17.3 Å². The maximum atomic E-state index is 12.0. The summed E-state index contributed by atoms with van der Waals surface area (Å²) in [7, 11) is 0. The van der Waals surface area contributed by atoms with E-state index < -0.39 is 10.8 Å². The quantitative estimate of drug-likeness (QED) is 0.652. The lowest BCUT2D eigenvalue weighted by Crippen LogP contribution is -2.14. The molecule has 0 aliphatic heterocycles. The zero-order chi connectivity index (χ0) is 14.7. The van der Waals surface area contributed by atoms with Gasteiger partial charge in [0.15, 0.2) is 0 Å². The number of hydrogen-bond acceptors (Lipinski definition) is 5. The molecule has 0 aliphatic carbocycles. The fourth-order valence-electron chi connectivity index (χ4n) is 1.59. The number of aryl methyl sites for hydroxylation is 2. The Morgan fingerprint density at radius 1 is 1.50 bits per heavy atom. The number of carbonyl (C=O) groups is 1. The van der Waals surface area contributed by atoms with Crippen molar-refractivity contribution in [2.75, 3.05) is 5.32 Å². The average molecular weight is 275 g/mol. The van der Waals surface area contributed by atoms with Crippen LogP contribution in [0.5, 0.6) is 0 Å². The standard InChI is InChI=1S/C12H13N5O3/c1-3-10-14-11(16-15-10)12(18)13-9-6-8(17(19)20)5-4-7(9)2/h4-6H,3H2,1-2H3,(H,13,18)(H,14,15,16). The number of nitro benzene ring substituents is 1. The molecular formula is C12H13N5O3. The Hall–Kier alpha value is -2.77. The molecular weight excluding hydrogens is 262 g/mol. The lowest BCUT2D eigenvalue weighted by Gasteiger charge is -2.06. The van der Waals surface area contributed by atoms with Gasteiger partial charge in [0.25, 0.3) is 11.6 Å². The normalized spacial score (nSPS) is 10.3. The summed E-state index contributed by atoms with van der Waals surface area (Å²) >= 11 is 0. The number of nitrogens with one attached hydrogen (secondary N) is 2. The number of benzene rings is 1. The summed E-state index contributed by atoms with van der Waals surface area (Å²) < 4.78 is 0. The van der Waals surface area contributed by atoms with Gasteiger partial charge in [-0.2, -0.15) is 0 Å². The van der Waals surface area contributed by atoms with Crippen molar-refractivity contribution in [3.8, 4) is 0 Å². The first-order valence-corrected chi connectivity index (χ1v) is 5.99. The van der Waals surface area contributed by atoms with E-state index in [0.29, 0.717) is 17.9 Å². The molecule has 0 bridgehead atoms. The van der Waals surface area contributed by atoms with Gasteiger partial charge in [0.1, 0.15) is 5.82 Å². The van der Waals surface area contributed by atoms with Crippen molar-refractivity contribution in [3.63, 3.8) is 0 Å². The largest absolute Gasteiger partial charge is 0.319 e. The highest BCUT2D eigenvalue weighted by molar-refractivity contribution is 6.02. The molecule has 104 valence electrons. The van der Waals surface area contributed by atoms with E-state index in [1.54, 1.807) is 13.0 Å². The highest BCUT2D eigenvalue weighted by Crippen LogP contribution is 2.22. The van der Waals surface area contributed by atoms with E-state index in [9.17, 15) is 14.9 Å². The number of aromatic amines is 1. The molecule has 1 heterocycles. The fraction of sp³-hybridized carbons (Fsp3) is 0.250. The van der Waals surface area contributed by atoms with Crippen molar-refractivity contribution in [2.24, 2.45) is 0 Å². The number of anilines is 1. The second-order valence-corrected chi connectivity index (χ2v) is 4.17. The summed E-state index contributed by atoms with van der Waals surface area (Å²) in [5.74, 6) is 0.100. The van der Waals surface area contributed by atoms with Crippen molar-refractivity contribution in [3.05, 3.63) is 45.5 Å². The monoisotopic (exact) mass is 275 g/mol. The van der Waals surface area contributed by atoms with E-state index in [-0.39, 0.29) is 11.5 Å². The van der Waals surface area contributed by atoms with Gasteiger partial charge in [-0.1, -0.05) is 13.0 Å². The number of non-ortho nitro benzene ring substituents is 1. The van der Waals surface area contributed by atoms with E-state index >= 15 is 0 Å². The second kappa shape index (κ2) is 5.47. The van der Waals surface area contributed by atoms with Crippen LogP contribution in [0.4, 0.5) is 11.4 Å². The van der Waals surface area contributed by atoms with Gasteiger partial charge in [-0.25, -0.2) is 4.98 Å².